The number of nitrogens with zero attached hydrogens (tertiary/aromatic N) is 3. The molecule has 2 atom stereocenters. The van der Waals surface area contributed by atoms with Gasteiger partial charge in [-0.15, -0.1) is 0 Å². The number of carbonyl (C=O) groups is 2. The number of piperazine rings is 1. The third-order valence-corrected chi connectivity index (χ3v) is 6.86. The van der Waals surface area contributed by atoms with E-state index in [1.54, 1.807) is 12.1 Å². The van der Waals surface area contributed by atoms with Gasteiger partial charge in [0.1, 0.15) is 6.61 Å². The Kier molecular flexibility index (Phi) is 7.58. The number of benzene rings is 2. The molecule has 2 aliphatic heterocycles. The molecule has 2 fully saturated rings. The fourth-order valence-electron chi connectivity index (χ4n) is 5.21. The van der Waals surface area contributed by atoms with E-state index in [0.717, 1.165) is 37.3 Å². The van der Waals surface area contributed by atoms with Gasteiger partial charge in [0, 0.05) is 49.4 Å². The average molecular weight is 450 g/mol. The van der Waals surface area contributed by atoms with E-state index < -0.39 is 6.61 Å². The van der Waals surface area contributed by atoms with Crippen LogP contribution in [0.15, 0.2) is 48.5 Å². The molecule has 33 heavy (non-hydrogen) atoms. The Morgan fingerprint density at radius 1 is 0.788 bits per heavy atom. The number of carbonyl (C=O) groups excluding carboxylic acids is 2. The lowest BCUT2D eigenvalue weighted by Gasteiger charge is -2.44. The van der Waals surface area contributed by atoms with Gasteiger partial charge in [0.2, 0.25) is 0 Å². The highest BCUT2D eigenvalue weighted by Gasteiger charge is 2.33. The molecule has 0 aromatic heterocycles. The van der Waals surface area contributed by atoms with E-state index >= 15 is 0 Å². The molecule has 6 heteroatoms. The Labute approximate surface area is 196 Å². The van der Waals surface area contributed by atoms with Gasteiger partial charge in [-0.2, -0.15) is 0 Å². The van der Waals surface area contributed by atoms with Gasteiger partial charge < -0.3 is 10.0 Å². The van der Waals surface area contributed by atoms with E-state index in [1.165, 1.54) is 31.5 Å². The van der Waals surface area contributed by atoms with Crippen LogP contribution in [-0.2, 0) is 13.1 Å². The monoisotopic (exact) mass is 449 g/mol. The third kappa shape index (κ3) is 5.69. The number of hydrogen-bond acceptors (Lipinski definition) is 5. The molecule has 2 saturated heterocycles. The zero-order chi connectivity index (χ0) is 23.4. The summed E-state index contributed by atoms with van der Waals surface area (Å²) in [5.74, 6) is -0.158. The lowest BCUT2D eigenvalue weighted by molar-refractivity contribution is 0.0268. The van der Waals surface area contributed by atoms with Crippen molar-refractivity contribution in [3.05, 3.63) is 70.8 Å². The molecule has 2 aliphatic rings. The zero-order valence-corrected chi connectivity index (χ0v) is 19.7. The third-order valence-electron chi connectivity index (χ3n) is 6.86. The SMILES string of the molecule is C[C@@H]1CN(Cc2ccc(C(=O)CO)cc2)C[C@H](C)N1C(=O)c1ccc(CN2CCCC2)cc1. The normalized spacial score (nSPS) is 22.0. The number of ketones is 1. The minimum absolute atomic E-state index is 0.106. The molecule has 0 spiro atoms. The first-order valence-corrected chi connectivity index (χ1v) is 12.0. The highest BCUT2D eigenvalue weighted by Crippen LogP contribution is 2.22. The summed E-state index contributed by atoms with van der Waals surface area (Å²) in [4.78, 5) is 31.8. The number of likely N-dealkylation sites (tertiary alicyclic amines) is 1. The summed E-state index contributed by atoms with van der Waals surface area (Å²) in [5, 5.41) is 9.01. The molecule has 6 nitrogen and oxygen atoms in total. The molecule has 176 valence electrons. The zero-order valence-electron chi connectivity index (χ0n) is 19.7. The molecule has 0 saturated carbocycles. The van der Waals surface area contributed by atoms with Gasteiger partial charge in [-0.1, -0.05) is 36.4 Å². The summed E-state index contributed by atoms with van der Waals surface area (Å²) < 4.78 is 0. The highest BCUT2D eigenvalue weighted by atomic mass is 16.3. The first kappa shape index (κ1) is 23.6. The molecule has 0 radical (unpaired) electrons. The van der Waals surface area contributed by atoms with Gasteiger partial charge in [0.05, 0.1) is 0 Å². The van der Waals surface area contributed by atoms with Gasteiger partial charge in [-0.25, -0.2) is 0 Å². The van der Waals surface area contributed by atoms with Crippen molar-refractivity contribution in [1.29, 1.82) is 0 Å². The maximum Gasteiger partial charge on any atom is 0.254 e. The Hall–Kier alpha value is -2.54. The summed E-state index contributed by atoms with van der Waals surface area (Å²) in [6.45, 7) is 9.46. The number of amides is 1. The second-order valence-electron chi connectivity index (χ2n) is 9.56. The average Bonchev–Trinajstić information content (AvgIpc) is 3.32. The first-order valence-electron chi connectivity index (χ1n) is 12.0. The Balaban J connectivity index is 1.35. The van der Waals surface area contributed by atoms with Crippen LogP contribution < -0.4 is 0 Å². The predicted octanol–water partition coefficient (Wildman–Crippen LogP) is 3.19. The molecule has 1 N–H and O–H groups in total. The molecule has 0 aliphatic carbocycles. The Bertz CT molecular complexity index is 940. The van der Waals surface area contributed by atoms with Crippen LogP contribution in [0.25, 0.3) is 0 Å². The number of rotatable bonds is 7. The van der Waals surface area contributed by atoms with E-state index in [9.17, 15) is 9.59 Å². The molecule has 4 rings (SSSR count). The lowest BCUT2D eigenvalue weighted by atomic mass is 10.0. The second-order valence-corrected chi connectivity index (χ2v) is 9.56. The topological polar surface area (TPSA) is 64.1 Å². The van der Waals surface area contributed by atoms with E-state index in [2.05, 4.69) is 35.8 Å². The summed E-state index contributed by atoms with van der Waals surface area (Å²) in [6.07, 6.45) is 2.57. The Morgan fingerprint density at radius 2 is 1.27 bits per heavy atom. The standard InChI is InChI=1S/C27H35N3O3/c1-20-15-29(18-23-5-9-24(10-6-23)26(32)19-31)16-21(2)30(20)27(33)25-11-7-22(8-12-25)17-28-13-3-4-14-28/h5-12,20-21,31H,3-4,13-19H2,1-2H3/t20-,21+. The second kappa shape index (κ2) is 10.6. The van der Waals surface area contributed by atoms with E-state index in [-0.39, 0.29) is 23.8 Å². The molecular weight excluding hydrogens is 414 g/mol. The van der Waals surface area contributed by atoms with Crippen LogP contribution in [-0.4, -0.2) is 76.4 Å². The van der Waals surface area contributed by atoms with Crippen molar-refractivity contribution in [3.8, 4) is 0 Å². The van der Waals surface area contributed by atoms with Crippen LogP contribution >= 0.6 is 0 Å². The predicted molar refractivity (Wildman–Crippen MR) is 129 cm³/mol. The van der Waals surface area contributed by atoms with Crippen LogP contribution in [0.3, 0.4) is 0 Å². The van der Waals surface area contributed by atoms with Gasteiger partial charge in [0.25, 0.3) is 5.91 Å². The van der Waals surface area contributed by atoms with Crippen molar-refractivity contribution in [1.82, 2.24) is 14.7 Å². The lowest BCUT2D eigenvalue weighted by Crippen LogP contribution is -2.58. The maximum atomic E-state index is 13.3. The van der Waals surface area contributed by atoms with Crippen LogP contribution in [0.5, 0.6) is 0 Å². The van der Waals surface area contributed by atoms with Crippen molar-refractivity contribution in [3.63, 3.8) is 0 Å². The molecule has 2 aromatic rings. The van der Waals surface area contributed by atoms with Gasteiger partial charge >= 0.3 is 0 Å². The highest BCUT2D eigenvalue weighted by molar-refractivity contribution is 5.97. The molecule has 1 amide bonds. The van der Waals surface area contributed by atoms with Gasteiger partial charge in [-0.3, -0.25) is 19.4 Å². The van der Waals surface area contributed by atoms with Gasteiger partial charge in [-0.05, 0) is 63.0 Å². The van der Waals surface area contributed by atoms with Crippen LogP contribution in [0.2, 0.25) is 0 Å². The van der Waals surface area contributed by atoms with E-state index in [0.29, 0.717) is 5.56 Å². The largest absolute Gasteiger partial charge is 0.388 e. The van der Waals surface area contributed by atoms with Crippen LogP contribution in [0, 0.1) is 0 Å². The van der Waals surface area contributed by atoms with Crippen molar-refractivity contribution < 1.29 is 14.7 Å². The molecule has 0 bridgehead atoms. The summed E-state index contributed by atoms with van der Waals surface area (Å²) in [5.41, 5.74) is 3.68. The fourth-order valence-corrected chi connectivity index (χ4v) is 5.21. The van der Waals surface area contributed by atoms with Crippen molar-refractivity contribution in [2.45, 2.75) is 51.9 Å². The van der Waals surface area contributed by atoms with Crippen LogP contribution in [0.4, 0.5) is 0 Å². The Morgan fingerprint density at radius 3 is 1.79 bits per heavy atom. The first-order chi connectivity index (χ1) is 15.9. The van der Waals surface area contributed by atoms with Crippen LogP contribution in [0.1, 0.15) is 58.5 Å². The van der Waals surface area contributed by atoms with Crippen molar-refractivity contribution in [2.24, 2.45) is 0 Å². The van der Waals surface area contributed by atoms with Gasteiger partial charge in [0.15, 0.2) is 5.78 Å². The quantitative estimate of drug-likeness (QED) is 0.658. The summed E-state index contributed by atoms with van der Waals surface area (Å²) in [7, 11) is 0. The minimum Gasteiger partial charge on any atom is -0.388 e. The van der Waals surface area contributed by atoms with Crippen molar-refractivity contribution >= 4 is 11.7 Å². The minimum atomic E-state index is -0.467. The number of aliphatic hydroxyl groups is 1. The van der Waals surface area contributed by atoms with E-state index in [1.807, 2.05) is 29.2 Å². The molecule has 2 aromatic carbocycles. The number of hydrogen-bond donors (Lipinski definition) is 1. The molecular formula is C27H35N3O3. The summed E-state index contributed by atoms with van der Waals surface area (Å²) >= 11 is 0. The maximum absolute atomic E-state index is 13.3. The smallest absolute Gasteiger partial charge is 0.254 e. The van der Waals surface area contributed by atoms with E-state index in [4.69, 9.17) is 5.11 Å². The fraction of sp³-hybridized carbons (Fsp3) is 0.481. The molecule has 2 heterocycles. The molecule has 0 unspecified atom stereocenters. The van der Waals surface area contributed by atoms with Crippen molar-refractivity contribution in [2.75, 3.05) is 32.8 Å². The number of Topliss-reactive ketones (excluding diaryl/α,β-unsaturated/α-hetero) is 1. The number of aliphatic hydroxyl groups excluding tert-OH is 1. The summed E-state index contributed by atoms with van der Waals surface area (Å²) in [6, 6.07) is 15.8.